The molecule has 0 bridgehead atoms. The van der Waals surface area contributed by atoms with Crippen molar-refractivity contribution < 1.29 is 18.0 Å². The van der Waals surface area contributed by atoms with Gasteiger partial charge in [0.05, 0.1) is 10.5 Å². The Bertz CT molecular complexity index is 1030. The van der Waals surface area contributed by atoms with Crippen molar-refractivity contribution in [2.24, 2.45) is 0 Å². The highest BCUT2D eigenvalue weighted by molar-refractivity contribution is 7.91. The zero-order valence-corrected chi connectivity index (χ0v) is 19.4. The van der Waals surface area contributed by atoms with E-state index in [4.69, 9.17) is 0 Å². The molecule has 0 saturated carbocycles. The molecule has 2 aromatic carbocycles. The van der Waals surface area contributed by atoms with E-state index >= 15 is 0 Å². The first-order chi connectivity index (χ1) is 13.8. The molecule has 0 aliphatic heterocycles. The van der Waals surface area contributed by atoms with Crippen molar-refractivity contribution in [3.05, 3.63) is 70.3 Å². The Morgan fingerprint density at radius 2 is 1.60 bits per heavy atom. The fourth-order valence-corrected chi connectivity index (χ4v) is 4.02. The van der Waals surface area contributed by atoms with Crippen LogP contribution < -0.4 is 5.32 Å². The van der Waals surface area contributed by atoms with Crippen molar-refractivity contribution in [2.75, 3.05) is 0 Å². The van der Waals surface area contributed by atoms with E-state index in [1.807, 2.05) is 26.8 Å². The Labute approximate surface area is 179 Å². The molecule has 0 spiro atoms. The normalized spacial score (nSPS) is 12.1. The van der Waals surface area contributed by atoms with E-state index in [2.05, 4.69) is 5.32 Å². The Hall–Kier alpha value is -2.47. The number of hydrogen-bond acceptors (Lipinski definition) is 4. The smallest absolute Gasteiger partial charge is 0.251 e. The molecule has 0 fully saturated rings. The van der Waals surface area contributed by atoms with Gasteiger partial charge in [0.25, 0.3) is 5.91 Å². The average molecular weight is 430 g/mol. The van der Waals surface area contributed by atoms with Gasteiger partial charge in [-0.05, 0) is 64.3 Å². The molecule has 0 aliphatic rings. The van der Waals surface area contributed by atoms with Crippen LogP contribution in [0.4, 0.5) is 0 Å². The second kappa shape index (κ2) is 9.13. The van der Waals surface area contributed by atoms with Crippen molar-refractivity contribution in [1.29, 1.82) is 0 Å². The second-order valence-corrected chi connectivity index (χ2v) is 11.6. The fourth-order valence-electron chi connectivity index (χ4n) is 2.96. The maximum absolute atomic E-state index is 12.8. The van der Waals surface area contributed by atoms with Gasteiger partial charge in [-0.2, -0.15) is 0 Å². The number of rotatable bonds is 7. The predicted octanol–water partition coefficient (Wildman–Crippen LogP) is 4.27. The van der Waals surface area contributed by atoms with Gasteiger partial charge in [-0.25, -0.2) is 8.42 Å². The molecule has 5 nitrogen and oxygen atoms in total. The molecule has 30 heavy (non-hydrogen) atoms. The van der Waals surface area contributed by atoms with Crippen LogP contribution in [-0.2, 0) is 22.0 Å². The van der Waals surface area contributed by atoms with E-state index in [1.54, 1.807) is 57.2 Å². The van der Waals surface area contributed by atoms with Gasteiger partial charge in [-0.3, -0.25) is 9.59 Å². The topological polar surface area (TPSA) is 80.3 Å². The highest BCUT2D eigenvalue weighted by Crippen LogP contribution is 2.21. The van der Waals surface area contributed by atoms with E-state index in [0.29, 0.717) is 16.7 Å². The molecule has 0 aromatic heterocycles. The van der Waals surface area contributed by atoms with E-state index in [1.165, 1.54) is 0 Å². The molecule has 6 heteroatoms. The number of hydrogen-bond donors (Lipinski definition) is 1. The monoisotopic (exact) mass is 429 g/mol. The number of Topliss-reactive ketones (excluding diaryl/α,β-unsaturated/α-hetero) is 1. The molecule has 0 saturated heterocycles. The number of carbonyl (C=O) groups is 2. The fraction of sp³-hybridized carbons (Fsp3) is 0.417. The van der Waals surface area contributed by atoms with Crippen LogP contribution >= 0.6 is 0 Å². The first-order valence-corrected chi connectivity index (χ1v) is 11.7. The van der Waals surface area contributed by atoms with Crippen LogP contribution in [0.5, 0.6) is 0 Å². The lowest BCUT2D eigenvalue weighted by atomic mass is 9.95. The number of carbonyl (C=O) groups excluding carboxylic acids is 2. The van der Waals surface area contributed by atoms with Gasteiger partial charge in [-0.1, -0.05) is 36.4 Å². The first kappa shape index (κ1) is 23.8. The molecule has 0 radical (unpaired) electrons. The number of benzene rings is 2. The standard InChI is InChI=1S/C24H31NO4S/c1-16(2)25-23(27)21-9-7-8-20(17(21)3)14-22(26)19-12-10-18(11-13-19)15-30(28,29)24(4,5)6/h7-13,16H,14-15H2,1-6H3,(H,25,27). The molecule has 0 aliphatic carbocycles. The molecule has 2 rings (SSSR count). The number of nitrogens with one attached hydrogen (secondary N) is 1. The highest BCUT2D eigenvalue weighted by Gasteiger charge is 2.29. The summed E-state index contributed by atoms with van der Waals surface area (Å²) >= 11 is 0. The molecule has 0 atom stereocenters. The number of amides is 1. The minimum atomic E-state index is -3.28. The van der Waals surface area contributed by atoms with Crippen LogP contribution in [0.15, 0.2) is 42.5 Å². The maximum atomic E-state index is 12.8. The van der Waals surface area contributed by atoms with Gasteiger partial charge in [0.2, 0.25) is 0 Å². The van der Waals surface area contributed by atoms with Gasteiger partial charge >= 0.3 is 0 Å². The third-order valence-electron chi connectivity index (χ3n) is 5.03. The quantitative estimate of drug-likeness (QED) is 0.667. The van der Waals surface area contributed by atoms with E-state index < -0.39 is 14.6 Å². The highest BCUT2D eigenvalue weighted by atomic mass is 32.2. The maximum Gasteiger partial charge on any atom is 0.251 e. The summed E-state index contributed by atoms with van der Waals surface area (Å²) in [5.74, 6) is -0.289. The summed E-state index contributed by atoms with van der Waals surface area (Å²) in [6, 6.07) is 12.1. The largest absolute Gasteiger partial charge is 0.350 e. The minimum Gasteiger partial charge on any atom is -0.350 e. The SMILES string of the molecule is Cc1c(CC(=O)c2ccc(CS(=O)(=O)C(C)(C)C)cc2)cccc1C(=O)NC(C)C. The summed E-state index contributed by atoms with van der Waals surface area (Å²) in [4.78, 5) is 25.1. The zero-order valence-electron chi connectivity index (χ0n) is 18.6. The Kier molecular flexibility index (Phi) is 7.24. The zero-order chi connectivity index (χ0) is 22.7. The summed E-state index contributed by atoms with van der Waals surface area (Å²) in [5, 5.41) is 2.87. The third kappa shape index (κ3) is 5.79. The number of ketones is 1. The van der Waals surface area contributed by atoms with Gasteiger partial charge in [-0.15, -0.1) is 0 Å². The lowest BCUT2D eigenvalue weighted by Gasteiger charge is -2.19. The minimum absolute atomic E-state index is 0.0304. The van der Waals surface area contributed by atoms with Gasteiger partial charge in [0.1, 0.15) is 0 Å². The molecule has 162 valence electrons. The number of sulfone groups is 1. The summed E-state index contributed by atoms with van der Waals surface area (Å²) in [5.41, 5.74) is 3.33. The Morgan fingerprint density at radius 3 is 2.13 bits per heavy atom. The molecule has 1 N–H and O–H groups in total. The van der Waals surface area contributed by atoms with Crippen molar-refractivity contribution in [1.82, 2.24) is 5.32 Å². The Morgan fingerprint density at radius 1 is 1.00 bits per heavy atom. The van der Waals surface area contributed by atoms with Crippen LogP contribution in [0, 0.1) is 6.92 Å². The summed E-state index contributed by atoms with van der Waals surface area (Å²) in [6.45, 7) is 10.7. The molecular weight excluding hydrogens is 398 g/mol. The molecule has 0 heterocycles. The summed E-state index contributed by atoms with van der Waals surface area (Å²) in [7, 11) is -3.28. The third-order valence-corrected chi connectivity index (χ3v) is 7.61. The first-order valence-electron chi connectivity index (χ1n) is 10.1. The van der Waals surface area contributed by atoms with Crippen LogP contribution in [0.3, 0.4) is 0 Å². The van der Waals surface area contributed by atoms with Crippen molar-refractivity contribution in [3.63, 3.8) is 0 Å². The summed E-state index contributed by atoms with van der Waals surface area (Å²) < 4.78 is 23.9. The summed E-state index contributed by atoms with van der Waals surface area (Å²) in [6.07, 6.45) is 0.175. The van der Waals surface area contributed by atoms with Crippen molar-refractivity contribution in [3.8, 4) is 0 Å². The Balaban J connectivity index is 2.16. The molecule has 1 amide bonds. The van der Waals surface area contributed by atoms with E-state index in [-0.39, 0.29) is 29.9 Å². The second-order valence-electron chi connectivity index (χ2n) is 8.89. The van der Waals surface area contributed by atoms with Crippen LogP contribution in [0.25, 0.3) is 0 Å². The van der Waals surface area contributed by atoms with Crippen LogP contribution in [0.2, 0.25) is 0 Å². The van der Waals surface area contributed by atoms with Crippen LogP contribution in [-0.4, -0.2) is 30.9 Å². The van der Waals surface area contributed by atoms with Gasteiger partial charge in [0.15, 0.2) is 15.6 Å². The lowest BCUT2D eigenvalue weighted by Crippen LogP contribution is -2.30. The van der Waals surface area contributed by atoms with Gasteiger partial charge in [0, 0.05) is 23.6 Å². The lowest BCUT2D eigenvalue weighted by molar-refractivity contribution is 0.0939. The molecular formula is C24H31NO4S. The van der Waals surface area contributed by atoms with Crippen molar-refractivity contribution >= 4 is 21.5 Å². The molecule has 2 aromatic rings. The van der Waals surface area contributed by atoms with Gasteiger partial charge < -0.3 is 5.32 Å². The van der Waals surface area contributed by atoms with Crippen LogP contribution in [0.1, 0.15) is 72.0 Å². The molecule has 0 unspecified atom stereocenters. The predicted molar refractivity (Wildman–Crippen MR) is 121 cm³/mol. The van der Waals surface area contributed by atoms with E-state index in [0.717, 1.165) is 11.1 Å². The van der Waals surface area contributed by atoms with E-state index in [9.17, 15) is 18.0 Å². The average Bonchev–Trinajstić information content (AvgIpc) is 2.62. The van der Waals surface area contributed by atoms with Crippen molar-refractivity contribution in [2.45, 2.75) is 64.5 Å².